The first kappa shape index (κ1) is 13.9. The normalized spacial score (nSPS) is 13.1. The zero-order valence-corrected chi connectivity index (χ0v) is 11.7. The summed E-state index contributed by atoms with van der Waals surface area (Å²) in [5, 5.41) is 9.57. The van der Waals surface area contributed by atoms with E-state index in [1.54, 1.807) is 13.0 Å². The molecular weight excluding hydrogens is 267 g/mol. The smallest absolute Gasteiger partial charge is 0.457 e. The molecule has 106 valence electrons. The van der Waals surface area contributed by atoms with Gasteiger partial charge in [0.2, 0.25) is 0 Å². The first-order chi connectivity index (χ1) is 10.1. The Labute approximate surface area is 123 Å². The molecule has 2 aromatic carbocycles. The lowest BCUT2D eigenvalue weighted by Gasteiger charge is -2.08. The van der Waals surface area contributed by atoms with E-state index in [-0.39, 0.29) is 5.78 Å². The summed E-state index contributed by atoms with van der Waals surface area (Å²) in [5.41, 5.74) is 2.70. The number of carbonyl (C=O) groups excluding carboxylic acids is 1. The molecule has 1 N–H and O–H groups in total. The van der Waals surface area contributed by atoms with Gasteiger partial charge in [0.1, 0.15) is 17.3 Å². The highest BCUT2D eigenvalue weighted by Crippen LogP contribution is 2.24. The number of hydrogen-bond donors (Lipinski definition) is 1. The van der Waals surface area contributed by atoms with Crippen LogP contribution in [-0.2, 0) is 22.5 Å². The third-order valence-electron chi connectivity index (χ3n) is 3.39. The molecule has 1 aliphatic heterocycles. The average Bonchev–Trinajstić information content (AvgIpc) is 2.82. The Kier molecular flexibility index (Phi) is 3.77. The Balaban J connectivity index is 1.73. The third kappa shape index (κ3) is 3.15. The molecule has 1 heterocycles. The summed E-state index contributed by atoms with van der Waals surface area (Å²) in [6.45, 7) is 1.97. The molecule has 21 heavy (non-hydrogen) atoms. The van der Waals surface area contributed by atoms with Crippen molar-refractivity contribution in [3.63, 3.8) is 0 Å². The zero-order valence-electron chi connectivity index (χ0n) is 11.7. The van der Waals surface area contributed by atoms with Crippen LogP contribution in [0.3, 0.4) is 0 Å². The van der Waals surface area contributed by atoms with Gasteiger partial charge in [-0.05, 0) is 47.8 Å². The molecule has 0 saturated heterocycles. The van der Waals surface area contributed by atoms with E-state index in [0.717, 1.165) is 16.6 Å². The molecule has 0 aliphatic carbocycles. The molecule has 0 fully saturated rings. The first-order valence-corrected chi connectivity index (χ1v) is 6.80. The summed E-state index contributed by atoms with van der Waals surface area (Å²) in [7, 11) is -0.833. The van der Waals surface area contributed by atoms with Gasteiger partial charge in [-0.25, -0.2) is 0 Å². The zero-order chi connectivity index (χ0) is 14.8. The highest BCUT2D eigenvalue weighted by molar-refractivity contribution is 6.61. The molecule has 0 atom stereocenters. The van der Waals surface area contributed by atoms with Crippen molar-refractivity contribution in [1.29, 1.82) is 0 Å². The molecule has 0 radical (unpaired) electrons. The minimum atomic E-state index is -0.833. The van der Waals surface area contributed by atoms with Crippen molar-refractivity contribution in [1.82, 2.24) is 0 Å². The van der Waals surface area contributed by atoms with E-state index in [4.69, 9.17) is 9.39 Å². The summed E-state index contributed by atoms with van der Waals surface area (Å²) in [6, 6.07) is 12.9. The van der Waals surface area contributed by atoms with E-state index in [0.29, 0.717) is 24.5 Å². The van der Waals surface area contributed by atoms with Crippen LogP contribution in [0.25, 0.3) is 0 Å². The fourth-order valence-corrected chi connectivity index (χ4v) is 2.37. The molecule has 0 unspecified atom stereocenters. The topological polar surface area (TPSA) is 55.8 Å². The molecule has 5 heteroatoms. The van der Waals surface area contributed by atoms with Crippen LogP contribution in [0.15, 0.2) is 42.5 Å². The van der Waals surface area contributed by atoms with E-state index in [9.17, 15) is 9.82 Å². The lowest BCUT2D eigenvalue weighted by atomic mass is 9.80. The Hall–Kier alpha value is -2.11. The summed E-state index contributed by atoms with van der Waals surface area (Å²) >= 11 is 0. The van der Waals surface area contributed by atoms with Crippen LogP contribution in [0, 0.1) is 0 Å². The second-order valence-electron chi connectivity index (χ2n) is 5.15. The van der Waals surface area contributed by atoms with Crippen LogP contribution < -0.4 is 10.2 Å². The van der Waals surface area contributed by atoms with Crippen LogP contribution in [-0.4, -0.2) is 17.9 Å². The van der Waals surface area contributed by atoms with Gasteiger partial charge in [0.05, 0.1) is 6.61 Å². The van der Waals surface area contributed by atoms with Crippen LogP contribution in [0.4, 0.5) is 0 Å². The monoisotopic (exact) mass is 282 g/mol. The molecular formula is C16H15BO4. The van der Waals surface area contributed by atoms with Crippen LogP contribution in [0.2, 0.25) is 0 Å². The van der Waals surface area contributed by atoms with Gasteiger partial charge in [-0.2, -0.15) is 0 Å². The van der Waals surface area contributed by atoms with Crippen molar-refractivity contribution in [2.75, 3.05) is 0 Å². The predicted octanol–water partition coefficient (Wildman–Crippen LogP) is 1.83. The average molecular weight is 282 g/mol. The summed E-state index contributed by atoms with van der Waals surface area (Å²) in [5.74, 6) is 1.55. The summed E-state index contributed by atoms with van der Waals surface area (Å²) < 4.78 is 10.9. The van der Waals surface area contributed by atoms with Crippen molar-refractivity contribution in [2.45, 2.75) is 20.0 Å². The maximum absolute atomic E-state index is 11.1. The second kappa shape index (κ2) is 5.72. The quantitative estimate of drug-likeness (QED) is 0.869. The summed E-state index contributed by atoms with van der Waals surface area (Å²) in [4.78, 5) is 11.1. The fraction of sp³-hybridized carbons (Fsp3) is 0.188. The number of ether oxygens (including phenoxy) is 1. The van der Waals surface area contributed by atoms with Crippen LogP contribution in [0.5, 0.6) is 11.5 Å². The highest BCUT2D eigenvalue weighted by Gasteiger charge is 2.27. The molecule has 4 nitrogen and oxygen atoms in total. The van der Waals surface area contributed by atoms with Gasteiger partial charge in [-0.1, -0.05) is 18.2 Å². The maximum Gasteiger partial charge on any atom is 0.491 e. The maximum atomic E-state index is 11.1. The molecule has 1 aliphatic rings. The van der Waals surface area contributed by atoms with Crippen LogP contribution >= 0.6 is 0 Å². The van der Waals surface area contributed by atoms with Gasteiger partial charge in [0.15, 0.2) is 0 Å². The number of Topliss-reactive ketones (excluding diaryl/α,β-unsaturated/α-hetero) is 1. The minimum absolute atomic E-state index is 0.140. The lowest BCUT2D eigenvalue weighted by molar-refractivity contribution is -0.116. The predicted molar refractivity (Wildman–Crippen MR) is 79.7 cm³/mol. The number of fused-ring (bicyclic) bond motifs is 1. The number of ketones is 1. The molecule has 2 aromatic rings. The van der Waals surface area contributed by atoms with Gasteiger partial charge in [0.25, 0.3) is 0 Å². The molecule has 0 spiro atoms. The van der Waals surface area contributed by atoms with E-state index < -0.39 is 7.12 Å². The Morgan fingerprint density at radius 1 is 1.24 bits per heavy atom. The Morgan fingerprint density at radius 2 is 1.95 bits per heavy atom. The number of hydrogen-bond acceptors (Lipinski definition) is 4. The van der Waals surface area contributed by atoms with Gasteiger partial charge >= 0.3 is 7.12 Å². The number of carbonyl (C=O) groups is 1. The standard InChI is InChI=1S/C16H15BO4/c1-11(18)8-12-2-4-14(5-3-12)21-15-6-7-16-13(9-15)10-20-17(16)19/h2-7,9,19H,8,10H2,1H3. The Morgan fingerprint density at radius 3 is 2.67 bits per heavy atom. The molecule has 0 aromatic heterocycles. The number of rotatable bonds is 4. The van der Waals surface area contributed by atoms with Gasteiger partial charge < -0.3 is 14.4 Å². The van der Waals surface area contributed by atoms with E-state index in [1.165, 1.54) is 0 Å². The van der Waals surface area contributed by atoms with Crippen molar-refractivity contribution in [3.8, 4) is 11.5 Å². The van der Waals surface area contributed by atoms with E-state index in [2.05, 4.69) is 0 Å². The summed E-state index contributed by atoms with van der Waals surface area (Å²) in [6.07, 6.45) is 0.439. The fourth-order valence-electron chi connectivity index (χ4n) is 2.37. The van der Waals surface area contributed by atoms with E-state index in [1.807, 2.05) is 36.4 Å². The van der Waals surface area contributed by atoms with Crippen molar-refractivity contribution in [3.05, 3.63) is 53.6 Å². The molecule has 0 saturated carbocycles. The first-order valence-electron chi connectivity index (χ1n) is 6.80. The van der Waals surface area contributed by atoms with Crippen molar-refractivity contribution in [2.24, 2.45) is 0 Å². The molecule has 0 bridgehead atoms. The molecule has 3 rings (SSSR count). The van der Waals surface area contributed by atoms with Crippen molar-refractivity contribution >= 4 is 18.4 Å². The van der Waals surface area contributed by atoms with Gasteiger partial charge in [0, 0.05) is 6.42 Å². The lowest BCUT2D eigenvalue weighted by Crippen LogP contribution is -2.27. The second-order valence-corrected chi connectivity index (χ2v) is 5.15. The minimum Gasteiger partial charge on any atom is -0.457 e. The SMILES string of the molecule is CC(=O)Cc1ccc(Oc2ccc3c(c2)COB3O)cc1. The Bertz CT molecular complexity index is 666. The van der Waals surface area contributed by atoms with Gasteiger partial charge in [-0.3, -0.25) is 4.79 Å². The molecule has 0 amide bonds. The van der Waals surface area contributed by atoms with E-state index >= 15 is 0 Å². The largest absolute Gasteiger partial charge is 0.491 e. The van der Waals surface area contributed by atoms with Crippen LogP contribution in [0.1, 0.15) is 18.1 Å². The number of benzene rings is 2. The highest BCUT2D eigenvalue weighted by atomic mass is 16.5. The van der Waals surface area contributed by atoms with Crippen molar-refractivity contribution < 1.29 is 19.2 Å². The van der Waals surface area contributed by atoms with Gasteiger partial charge in [-0.15, -0.1) is 0 Å². The third-order valence-corrected chi connectivity index (χ3v) is 3.39.